The number of anilines is 3. The van der Waals surface area contributed by atoms with E-state index in [9.17, 15) is 0 Å². The van der Waals surface area contributed by atoms with Crippen LogP contribution in [0.15, 0.2) is 200 Å². The molecule has 0 amide bonds. The molecule has 3 heteroatoms. The highest BCUT2D eigenvalue weighted by Gasteiger charge is 2.17. The normalized spacial score (nSPS) is 11.4. The summed E-state index contributed by atoms with van der Waals surface area (Å²) in [6.45, 7) is 0. The summed E-state index contributed by atoms with van der Waals surface area (Å²) in [5, 5.41) is 7.01. The molecule has 53 heavy (non-hydrogen) atoms. The highest BCUT2D eigenvalue weighted by molar-refractivity contribution is 6.19. The van der Waals surface area contributed by atoms with Crippen LogP contribution in [0.4, 0.5) is 17.1 Å². The summed E-state index contributed by atoms with van der Waals surface area (Å²) in [4.78, 5) is 13.0. The van der Waals surface area contributed by atoms with Crippen LogP contribution in [0.1, 0.15) is 0 Å². The van der Waals surface area contributed by atoms with E-state index in [4.69, 9.17) is 9.97 Å². The van der Waals surface area contributed by atoms with E-state index in [0.29, 0.717) is 0 Å². The van der Waals surface area contributed by atoms with Gasteiger partial charge in [-0.15, -0.1) is 0 Å². The van der Waals surface area contributed by atoms with Gasteiger partial charge >= 0.3 is 0 Å². The molecule has 0 aliphatic heterocycles. The van der Waals surface area contributed by atoms with Crippen molar-refractivity contribution in [3.05, 3.63) is 200 Å². The Morgan fingerprint density at radius 1 is 0.321 bits per heavy atom. The van der Waals surface area contributed by atoms with Crippen LogP contribution >= 0.6 is 0 Å². The van der Waals surface area contributed by atoms with Gasteiger partial charge in [0.2, 0.25) is 0 Å². The predicted octanol–water partition coefficient (Wildman–Crippen LogP) is 13.6. The minimum Gasteiger partial charge on any atom is -0.310 e. The lowest BCUT2D eigenvalue weighted by molar-refractivity contribution is 1.29. The van der Waals surface area contributed by atoms with Crippen LogP contribution in [0.3, 0.4) is 0 Å². The number of benzene rings is 9. The van der Waals surface area contributed by atoms with Gasteiger partial charge in [0.15, 0.2) is 0 Å². The van der Waals surface area contributed by atoms with Gasteiger partial charge in [0.1, 0.15) is 0 Å². The average Bonchev–Trinajstić information content (AvgIpc) is 3.24. The fourth-order valence-electron chi connectivity index (χ4n) is 7.58. The summed E-state index contributed by atoms with van der Waals surface area (Å²) in [6, 6.07) is 70.9. The maximum Gasteiger partial charge on any atom is 0.0979 e. The second-order valence-corrected chi connectivity index (χ2v) is 13.4. The minimum absolute atomic E-state index is 0.885. The van der Waals surface area contributed by atoms with Crippen molar-refractivity contribution in [1.29, 1.82) is 0 Å². The monoisotopic (exact) mass is 675 g/mol. The van der Waals surface area contributed by atoms with E-state index in [2.05, 4.69) is 193 Å². The van der Waals surface area contributed by atoms with Gasteiger partial charge in [-0.05, 0) is 92.7 Å². The number of rotatable bonds is 6. The summed E-state index contributed by atoms with van der Waals surface area (Å²) < 4.78 is 0. The zero-order valence-corrected chi connectivity index (χ0v) is 28.9. The van der Waals surface area contributed by atoms with Crippen LogP contribution in [0, 0.1) is 0 Å². The Labute approximate surface area is 308 Å². The molecule has 0 fully saturated rings. The van der Waals surface area contributed by atoms with Crippen LogP contribution in [-0.2, 0) is 0 Å². The minimum atomic E-state index is 0.885. The summed E-state index contributed by atoms with van der Waals surface area (Å²) in [5.41, 5.74) is 11.4. The summed E-state index contributed by atoms with van der Waals surface area (Å²) in [7, 11) is 0. The van der Waals surface area contributed by atoms with Gasteiger partial charge in [0.25, 0.3) is 0 Å². The molecule has 0 atom stereocenters. The number of hydrogen-bond acceptors (Lipinski definition) is 3. The zero-order chi connectivity index (χ0) is 35.1. The van der Waals surface area contributed by atoms with Gasteiger partial charge in [0, 0.05) is 33.6 Å². The van der Waals surface area contributed by atoms with Crippen LogP contribution in [0.5, 0.6) is 0 Å². The number of para-hydroxylation sites is 2. The largest absolute Gasteiger partial charge is 0.310 e. The average molecular weight is 676 g/mol. The summed E-state index contributed by atoms with van der Waals surface area (Å²) >= 11 is 0. The molecule has 1 aromatic heterocycles. The van der Waals surface area contributed by atoms with Gasteiger partial charge in [-0.2, -0.15) is 0 Å². The first-order valence-corrected chi connectivity index (χ1v) is 18.0. The van der Waals surface area contributed by atoms with Crippen molar-refractivity contribution < 1.29 is 0 Å². The second-order valence-electron chi connectivity index (χ2n) is 13.4. The molecule has 0 saturated heterocycles. The lowest BCUT2D eigenvalue weighted by Crippen LogP contribution is -2.09. The number of hydrogen-bond donors (Lipinski definition) is 0. The van der Waals surface area contributed by atoms with Crippen LogP contribution in [0.2, 0.25) is 0 Å². The van der Waals surface area contributed by atoms with Crippen molar-refractivity contribution in [1.82, 2.24) is 9.97 Å². The van der Waals surface area contributed by atoms with E-state index in [0.717, 1.165) is 61.4 Å². The van der Waals surface area contributed by atoms with Gasteiger partial charge in [-0.1, -0.05) is 146 Å². The third kappa shape index (κ3) is 5.56. The summed E-state index contributed by atoms with van der Waals surface area (Å²) in [6.07, 6.45) is 0. The first-order valence-electron chi connectivity index (χ1n) is 18.0. The molecule has 0 unspecified atom stereocenters. The van der Waals surface area contributed by atoms with Crippen LogP contribution < -0.4 is 4.90 Å². The second kappa shape index (κ2) is 12.9. The highest BCUT2D eigenvalue weighted by Crippen LogP contribution is 2.39. The van der Waals surface area contributed by atoms with Crippen molar-refractivity contribution in [3.63, 3.8) is 0 Å². The van der Waals surface area contributed by atoms with E-state index in [-0.39, 0.29) is 0 Å². The third-order valence-electron chi connectivity index (χ3n) is 10.2. The SMILES string of the molecule is c1ccc(-c2nc3ccc4ccc5ccc(-c6ccc7cc(N(c8ccccc8)c8ccccc8)ccc7c6)cc5c4c3nc2-c2ccccc2)cc1. The predicted molar refractivity (Wildman–Crippen MR) is 223 cm³/mol. The van der Waals surface area contributed by atoms with Crippen molar-refractivity contribution in [2.45, 2.75) is 0 Å². The molecule has 0 aliphatic carbocycles. The number of fused-ring (bicyclic) bond motifs is 6. The van der Waals surface area contributed by atoms with Crippen molar-refractivity contribution in [3.8, 4) is 33.6 Å². The van der Waals surface area contributed by atoms with Crippen molar-refractivity contribution in [2.24, 2.45) is 0 Å². The smallest absolute Gasteiger partial charge is 0.0979 e. The fourth-order valence-corrected chi connectivity index (χ4v) is 7.58. The molecule has 0 bridgehead atoms. The van der Waals surface area contributed by atoms with Gasteiger partial charge in [0.05, 0.1) is 22.4 Å². The molecule has 0 saturated carbocycles. The number of nitrogens with zero attached hydrogens (tertiary/aromatic N) is 3. The topological polar surface area (TPSA) is 29.0 Å². The van der Waals surface area contributed by atoms with Crippen LogP contribution in [-0.4, -0.2) is 9.97 Å². The molecule has 0 N–H and O–H groups in total. The molecule has 248 valence electrons. The van der Waals surface area contributed by atoms with Crippen LogP contribution in [0.25, 0.3) is 77.0 Å². The molecule has 10 aromatic rings. The van der Waals surface area contributed by atoms with Gasteiger partial charge in [-0.25, -0.2) is 9.97 Å². The third-order valence-corrected chi connectivity index (χ3v) is 10.2. The molecule has 0 aliphatic rings. The standard InChI is InChI=1S/C50H33N3/c1-5-13-36(14-6-1)48-49(37-15-7-2-8-16-37)52-50-46(51-48)30-28-35-23-21-34-22-24-41(33-45(34)47(35)50)38-25-26-40-32-44(29-27-39(40)31-38)53(42-17-9-3-10-18-42)43-19-11-4-12-20-43/h1-33H. The maximum atomic E-state index is 5.44. The Hall–Kier alpha value is -7.10. The Kier molecular flexibility index (Phi) is 7.47. The molecular formula is C50H33N3. The van der Waals surface area contributed by atoms with Crippen molar-refractivity contribution >= 4 is 60.4 Å². The van der Waals surface area contributed by atoms with Crippen molar-refractivity contribution in [2.75, 3.05) is 4.90 Å². The molecule has 1 heterocycles. The van der Waals surface area contributed by atoms with Gasteiger partial charge in [-0.3, -0.25) is 0 Å². The lowest BCUT2D eigenvalue weighted by Gasteiger charge is -2.25. The summed E-state index contributed by atoms with van der Waals surface area (Å²) in [5.74, 6) is 0. The Morgan fingerprint density at radius 2 is 0.811 bits per heavy atom. The lowest BCUT2D eigenvalue weighted by atomic mass is 9.95. The Balaban J connectivity index is 1.11. The number of aromatic nitrogens is 2. The first-order chi connectivity index (χ1) is 26.3. The van der Waals surface area contributed by atoms with E-state index < -0.39 is 0 Å². The van der Waals surface area contributed by atoms with Gasteiger partial charge < -0.3 is 4.90 Å². The quantitative estimate of drug-likeness (QED) is 0.164. The molecular weight excluding hydrogens is 643 g/mol. The first kappa shape index (κ1) is 30.7. The molecule has 9 aromatic carbocycles. The van der Waals surface area contributed by atoms with E-state index >= 15 is 0 Å². The fraction of sp³-hybridized carbons (Fsp3) is 0. The maximum absolute atomic E-state index is 5.44. The Morgan fingerprint density at radius 3 is 1.47 bits per heavy atom. The Bertz CT molecular complexity index is 2890. The zero-order valence-electron chi connectivity index (χ0n) is 28.9. The molecule has 10 rings (SSSR count). The molecule has 3 nitrogen and oxygen atoms in total. The molecule has 0 spiro atoms. The van der Waals surface area contributed by atoms with E-state index in [1.54, 1.807) is 0 Å². The molecule has 0 radical (unpaired) electrons. The van der Waals surface area contributed by atoms with E-state index in [1.807, 2.05) is 12.1 Å². The van der Waals surface area contributed by atoms with E-state index in [1.165, 1.54) is 32.7 Å². The highest BCUT2D eigenvalue weighted by atomic mass is 15.1.